The average Bonchev–Trinajstić information content (AvgIpc) is 2.67. The van der Waals surface area contributed by atoms with Gasteiger partial charge < -0.3 is 19.3 Å². The van der Waals surface area contributed by atoms with Gasteiger partial charge in [-0.3, -0.25) is 0 Å². The van der Waals surface area contributed by atoms with Gasteiger partial charge >= 0.3 is 5.63 Å². The van der Waals surface area contributed by atoms with Crippen molar-refractivity contribution in [1.82, 2.24) is 0 Å². The van der Waals surface area contributed by atoms with Crippen LogP contribution in [-0.4, -0.2) is 32.3 Å². The van der Waals surface area contributed by atoms with Crippen LogP contribution in [0.2, 0.25) is 0 Å². The van der Waals surface area contributed by atoms with Crippen molar-refractivity contribution in [3.05, 3.63) is 58.4 Å². The van der Waals surface area contributed by atoms with Crippen molar-refractivity contribution in [3.63, 3.8) is 0 Å². The monoisotopic (exact) mass is 366 g/mol. The van der Waals surface area contributed by atoms with E-state index in [0.29, 0.717) is 16.7 Å². The van der Waals surface area contributed by atoms with Crippen molar-refractivity contribution in [3.8, 4) is 11.1 Å². The van der Waals surface area contributed by atoms with Crippen LogP contribution in [0.4, 0.5) is 11.4 Å². The number of aliphatic hydroxyl groups is 1. The molecule has 0 bridgehead atoms. The summed E-state index contributed by atoms with van der Waals surface area (Å²) in [4.78, 5) is 16.9. The predicted octanol–water partition coefficient (Wildman–Crippen LogP) is 3.86. The lowest BCUT2D eigenvalue weighted by atomic mass is 9.98. The standard InChI is InChI=1S/C22H26N2O3/c1-5-24(6-2)17-11-12-18-19(14-25)21(22(26)27-20(18)13-17)15-7-9-16(10-8-15)23(3)4/h7-13,25H,5-6,14H2,1-4H3. The highest BCUT2D eigenvalue weighted by molar-refractivity contribution is 5.89. The molecule has 1 N–H and O–H groups in total. The lowest BCUT2D eigenvalue weighted by Gasteiger charge is -2.21. The molecule has 2 aromatic carbocycles. The van der Waals surface area contributed by atoms with Gasteiger partial charge in [0, 0.05) is 55.6 Å². The molecule has 0 amide bonds. The minimum atomic E-state index is -0.430. The molecule has 0 atom stereocenters. The fourth-order valence-electron chi connectivity index (χ4n) is 3.42. The van der Waals surface area contributed by atoms with E-state index in [0.717, 1.165) is 35.4 Å². The lowest BCUT2D eigenvalue weighted by Crippen LogP contribution is -2.21. The summed E-state index contributed by atoms with van der Waals surface area (Å²) in [5.74, 6) is 0. The number of benzene rings is 2. The van der Waals surface area contributed by atoms with E-state index in [2.05, 4.69) is 18.7 Å². The summed E-state index contributed by atoms with van der Waals surface area (Å²) in [5, 5.41) is 10.8. The number of hydrogen-bond donors (Lipinski definition) is 1. The molecule has 5 heteroatoms. The molecule has 5 nitrogen and oxygen atoms in total. The first kappa shape index (κ1) is 19.0. The normalized spacial score (nSPS) is 11.0. The maximum Gasteiger partial charge on any atom is 0.344 e. The SMILES string of the molecule is CCN(CC)c1ccc2c(CO)c(-c3ccc(N(C)C)cc3)c(=O)oc2c1. The van der Waals surface area contributed by atoms with E-state index >= 15 is 0 Å². The highest BCUT2D eigenvalue weighted by atomic mass is 16.4. The third-order valence-corrected chi connectivity index (χ3v) is 4.96. The van der Waals surface area contributed by atoms with Crippen molar-refractivity contribution >= 4 is 22.3 Å². The first-order chi connectivity index (χ1) is 13.0. The van der Waals surface area contributed by atoms with Gasteiger partial charge in [-0.1, -0.05) is 12.1 Å². The summed E-state index contributed by atoms with van der Waals surface area (Å²) in [6.45, 7) is 5.69. The summed E-state index contributed by atoms with van der Waals surface area (Å²) in [6.07, 6.45) is 0. The Kier molecular flexibility index (Phi) is 5.51. The molecule has 0 aliphatic carbocycles. The van der Waals surface area contributed by atoms with Gasteiger partial charge in [0.25, 0.3) is 0 Å². The molecule has 27 heavy (non-hydrogen) atoms. The Balaban J connectivity index is 2.18. The van der Waals surface area contributed by atoms with Crippen LogP contribution in [0.1, 0.15) is 19.4 Å². The molecule has 1 heterocycles. The van der Waals surface area contributed by atoms with Gasteiger partial charge in [-0.2, -0.15) is 0 Å². The van der Waals surface area contributed by atoms with Crippen LogP contribution < -0.4 is 15.4 Å². The van der Waals surface area contributed by atoms with Crippen molar-refractivity contribution in [2.24, 2.45) is 0 Å². The third kappa shape index (κ3) is 3.55. The molecule has 0 unspecified atom stereocenters. The Hall–Kier alpha value is -2.79. The van der Waals surface area contributed by atoms with Crippen molar-refractivity contribution in [1.29, 1.82) is 0 Å². The number of hydrogen-bond acceptors (Lipinski definition) is 5. The molecule has 0 spiro atoms. The molecule has 3 aromatic rings. The van der Waals surface area contributed by atoms with Crippen molar-refractivity contribution in [2.45, 2.75) is 20.5 Å². The van der Waals surface area contributed by atoms with Crippen LogP contribution in [0.3, 0.4) is 0 Å². The second kappa shape index (κ2) is 7.84. The van der Waals surface area contributed by atoms with Gasteiger partial charge in [0.1, 0.15) is 5.58 Å². The minimum Gasteiger partial charge on any atom is -0.422 e. The number of anilines is 2. The molecule has 0 saturated carbocycles. The fourth-order valence-corrected chi connectivity index (χ4v) is 3.42. The second-order valence-corrected chi connectivity index (χ2v) is 6.70. The zero-order chi connectivity index (χ0) is 19.6. The highest BCUT2D eigenvalue weighted by Gasteiger charge is 2.17. The van der Waals surface area contributed by atoms with Gasteiger partial charge in [0.15, 0.2) is 0 Å². The number of aliphatic hydroxyl groups excluding tert-OH is 1. The highest BCUT2D eigenvalue weighted by Crippen LogP contribution is 2.30. The van der Waals surface area contributed by atoms with Crippen molar-refractivity contribution < 1.29 is 9.52 Å². The van der Waals surface area contributed by atoms with Crippen LogP contribution >= 0.6 is 0 Å². The third-order valence-electron chi connectivity index (χ3n) is 4.96. The second-order valence-electron chi connectivity index (χ2n) is 6.70. The van der Waals surface area contributed by atoms with E-state index in [-0.39, 0.29) is 6.61 Å². The van der Waals surface area contributed by atoms with Crippen LogP contribution in [0.15, 0.2) is 51.7 Å². The largest absolute Gasteiger partial charge is 0.422 e. The minimum absolute atomic E-state index is 0.225. The smallest absolute Gasteiger partial charge is 0.344 e. The molecule has 1 aromatic heterocycles. The Labute approximate surface area is 159 Å². The number of nitrogens with zero attached hydrogens (tertiary/aromatic N) is 2. The predicted molar refractivity (Wildman–Crippen MR) is 112 cm³/mol. The molecular weight excluding hydrogens is 340 g/mol. The number of fused-ring (bicyclic) bond motifs is 1. The first-order valence-corrected chi connectivity index (χ1v) is 9.23. The van der Waals surface area contributed by atoms with E-state index in [1.165, 1.54) is 0 Å². The molecule has 0 aliphatic rings. The summed E-state index contributed by atoms with van der Waals surface area (Å²) in [7, 11) is 3.93. The zero-order valence-corrected chi connectivity index (χ0v) is 16.3. The zero-order valence-electron chi connectivity index (χ0n) is 16.3. The van der Waals surface area contributed by atoms with E-state index < -0.39 is 5.63 Å². The quantitative estimate of drug-likeness (QED) is 0.671. The van der Waals surface area contributed by atoms with E-state index in [9.17, 15) is 9.90 Å². The van der Waals surface area contributed by atoms with Gasteiger partial charge in [-0.25, -0.2) is 4.79 Å². The Morgan fingerprint density at radius 1 is 0.963 bits per heavy atom. The van der Waals surface area contributed by atoms with Crippen LogP contribution in [0, 0.1) is 0 Å². The lowest BCUT2D eigenvalue weighted by molar-refractivity contribution is 0.283. The maximum atomic E-state index is 12.8. The molecule has 0 saturated heterocycles. The molecule has 0 fully saturated rings. The maximum absolute atomic E-state index is 12.8. The van der Waals surface area contributed by atoms with Crippen LogP contribution in [0.5, 0.6) is 0 Å². The fraction of sp³-hybridized carbons (Fsp3) is 0.318. The molecule has 0 radical (unpaired) electrons. The summed E-state index contributed by atoms with van der Waals surface area (Å²) < 4.78 is 5.64. The molecule has 3 rings (SSSR count). The van der Waals surface area contributed by atoms with Gasteiger partial charge in [0.05, 0.1) is 12.2 Å². The van der Waals surface area contributed by atoms with Gasteiger partial charge in [0.2, 0.25) is 0 Å². The van der Waals surface area contributed by atoms with Crippen molar-refractivity contribution in [2.75, 3.05) is 37.0 Å². The Morgan fingerprint density at radius 2 is 1.59 bits per heavy atom. The topological polar surface area (TPSA) is 56.9 Å². The van der Waals surface area contributed by atoms with E-state index in [1.807, 2.05) is 61.5 Å². The van der Waals surface area contributed by atoms with E-state index in [4.69, 9.17) is 4.42 Å². The summed E-state index contributed by atoms with van der Waals surface area (Å²) >= 11 is 0. The molecule has 142 valence electrons. The molecule has 0 aliphatic heterocycles. The molecular formula is C22H26N2O3. The van der Waals surface area contributed by atoms with Crippen LogP contribution in [-0.2, 0) is 6.61 Å². The Morgan fingerprint density at radius 3 is 2.15 bits per heavy atom. The summed E-state index contributed by atoms with van der Waals surface area (Å²) in [6, 6.07) is 13.5. The number of rotatable bonds is 6. The van der Waals surface area contributed by atoms with Crippen LogP contribution in [0.25, 0.3) is 22.1 Å². The average molecular weight is 366 g/mol. The first-order valence-electron chi connectivity index (χ1n) is 9.23. The van der Waals surface area contributed by atoms with Gasteiger partial charge in [-0.15, -0.1) is 0 Å². The Bertz CT molecular complexity index is 987. The summed E-state index contributed by atoms with van der Waals surface area (Å²) in [5.41, 5.74) is 3.88. The van der Waals surface area contributed by atoms with Gasteiger partial charge in [-0.05, 0) is 43.7 Å². The van der Waals surface area contributed by atoms with E-state index in [1.54, 1.807) is 0 Å².